The lowest BCUT2D eigenvalue weighted by atomic mass is 9.90. The van der Waals surface area contributed by atoms with Crippen LogP contribution in [0.5, 0.6) is 0 Å². The number of allylic oxidation sites excluding steroid dienone is 4. The molecule has 1 aliphatic heterocycles. The number of anilines is 2. The summed E-state index contributed by atoms with van der Waals surface area (Å²) in [6, 6.07) is -35.3. The lowest BCUT2D eigenvalue weighted by Gasteiger charge is -2.26. The summed E-state index contributed by atoms with van der Waals surface area (Å²) in [6.07, 6.45) is -2.23. The maximum Gasteiger partial charge on any atom is 0.0651 e. The Kier molecular flexibility index (Phi) is 2.84. The number of nitrogens with zero attached hydrogens (tertiary/aromatic N) is 3. The lowest BCUT2D eigenvalue weighted by Crippen LogP contribution is -2.14. The highest BCUT2D eigenvalue weighted by Gasteiger charge is 2.38. The van der Waals surface area contributed by atoms with E-state index in [9.17, 15) is 20.6 Å². The summed E-state index contributed by atoms with van der Waals surface area (Å²) in [5.41, 5.74) is -12.1. The van der Waals surface area contributed by atoms with E-state index in [2.05, 4.69) is 0 Å². The van der Waals surface area contributed by atoms with E-state index in [1.54, 1.807) is 0 Å². The number of fused-ring (bicyclic) bond motifs is 9. The van der Waals surface area contributed by atoms with Crippen molar-refractivity contribution in [2.45, 2.75) is 12.3 Å². The third-order valence-corrected chi connectivity index (χ3v) is 9.60. The first-order valence-electron chi connectivity index (χ1n) is 34.5. The number of hydrogen-bond donors (Lipinski definition) is 0. The maximum absolute atomic E-state index is 10.1. The second kappa shape index (κ2) is 12.6. The zero-order valence-electron chi connectivity index (χ0n) is 63.5. The zero-order valence-corrected chi connectivity index (χ0v) is 28.5. The van der Waals surface area contributed by atoms with Crippen molar-refractivity contribution in [3.8, 4) is 33.6 Å². The van der Waals surface area contributed by atoms with Crippen molar-refractivity contribution in [3.63, 3.8) is 0 Å². The fourth-order valence-electron chi connectivity index (χ4n) is 7.35. The van der Waals surface area contributed by atoms with Crippen LogP contribution in [-0.2, 0) is 0 Å². The second-order valence-electron chi connectivity index (χ2n) is 12.5. The quantitative estimate of drug-likeness (QED) is 0.170. The molecule has 2 atom stereocenters. The highest BCUT2D eigenvalue weighted by Crippen LogP contribution is 2.54. The first kappa shape index (κ1) is 12.8. The van der Waals surface area contributed by atoms with E-state index in [0.717, 1.165) is 4.57 Å². The van der Waals surface area contributed by atoms with E-state index in [4.69, 9.17) is 27.4 Å². The molecule has 3 heterocycles. The monoisotopic (exact) mass is 763 g/mol. The summed E-state index contributed by atoms with van der Waals surface area (Å²) in [5, 5.41) is -2.58. The van der Waals surface area contributed by atoms with Gasteiger partial charge in [-0.25, -0.2) is 0 Å². The van der Waals surface area contributed by atoms with Gasteiger partial charge in [0.25, 0.3) is 0 Å². The maximum atomic E-state index is 10.1. The van der Waals surface area contributed by atoms with Crippen LogP contribution >= 0.6 is 0 Å². The smallest absolute Gasteiger partial charge is 0.0651 e. The molecule has 0 spiro atoms. The molecule has 3 nitrogen and oxygen atoms in total. The fraction of sp³-hybridized carbons (Fsp3) is 0.0370. The van der Waals surface area contributed by atoms with Crippen LogP contribution in [0.15, 0.2) is 211 Å². The predicted octanol–water partition coefficient (Wildman–Crippen LogP) is 14.3. The molecule has 2 aliphatic rings. The molecular weight excluding hydrogens is 691 g/mol. The number of hydrogen-bond acceptors (Lipinski definition) is 1. The number of benzene rings is 8. The Labute approximate surface area is 380 Å². The largest absolute Gasteiger partial charge is 0.313 e. The number of para-hydroxylation sites is 3. The molecule has 10 aromatic rings. The van der Waals surface area contributed by atoms with Gasteiger partial charge in [-0.2, -0.15) is 0 Å². The van der Waals surface area contributed by atoms with Gasteiger partial charge in [0.15, 0.2) is 0 Å². The molecule has 0 N–H and O–H groups in total. The van der Waals surface area contributed by atoms with Crippen molar-refractivity contribution < 1.29 is 48.0 Å². The Hall–Kier alpha value is -7.36. The van der Waals surface area contributed by atoms with Gasteiger partial charge < -0.3 is 14.0 Å². The van der Waals surface area contributed by atoms with Crippen molar-refractivity contribution in [1.29, 1.82) is 0 Å². The zero-order chi connectivity index (χ0) is 67.9. The van der Waals surface area contributed by atoms with Crippen molar-refractivity contribution >= 4 is 55.0 Å². The van der Waals surface area contributed by atoms with E-state index < -0.39 is 318 Å². The highest BCUT2D eigenvalue weighted by atomic mass is 15.2. The van der Waals surface area contributed by atoms with E-state index in [1.807, 2.05) is 0 Å². The van der Waals surface area contributed by atoms with E-state index >= 15 is 0 Å². The van der Waals surface area contributed by atoms with Gasteiger partial charge >= 0.3 is 0 Å². The first-order chi connectivity index (χ1) is 42.9. The highest BCUT2D eigenvalue weighted by molar-refractivity contribution is 6.16. The minimum Gasteiger partial charge on any atom is -0.313 e. The summed E-state index contributed by atoms with van der Waals surface area (Å²) in [6.45, 7) is 0. The second-order valence-corrected chi connectivity index (χ2v) is 12.5. The van der Waals surface area contributed by atoms with E-state index in [-0.39, 0.29) is 0 Å². The van der Waals surface area contributed by atoms with Gasteiger partial charge in [0, 0.05) is 45.8 Å². The molecule has 3 heteroatoms. The molecular formula is C54H37N3. The molecule has 0 saturated carbocycles. The molecule has 0 bridgehead atoms. The Morgan fingerprint density at radius 1 is 0.456 bits per heavy atom. The SMILES string of the molecule is [2H]C1=C([2H])C([2H])C2C(=C1[2H])N(c1c([2H])c(-c3c([2H])c([2H])c([2H])c([2H])c3[2H])c([2H])c(-c3c([2H])c([2H])c([2H])c([2H])c3[2H])c1[2H])c1c([2H])c([2H])c([2H])c(-n3c4c([2H])c([2H])c([2H])c([2H])c4c4c(-n5c6c([2H])c([2H])c([2H])c([2H])c6c6c([2H])c([2H])c([2H])c([2H])c65)c([2H])c([2H])c([2H])c43)c12. The van der Waals surface area contributed by atoms with Crippen LogP contribution in [0.1, 0.15) is 65.9 Å². The van der Waals surface area contributed by atoms with Crippen LogP contribution in [0.3, 0.4) is 0 Å². The molecule has 0 amide bonds. The van der Waals surface area contributed by atoms with Crippen molar-refractivity contribution in [1.82, 2.24) is 9.13 Å². The Morgan fingerprint density at radius 3 is 1.63 bits per heavy atom. The van der Waals surface area contributed by atoms with Gasteiger partial charge in [-0.3, -0.25) is 0 Å². The Balaban J connectivity index is 1.36. The first-order valence-corrected chi connectivity index (χ1v) is 17.0. The van der Waals surface area contributed by atoms with Gasteiger partial charge in [-0.15, -0.1) is 0 Å². The van der Waals surface area contributed by atoms with E-state index in [0.29, 0.717) is 9.47 Å². The molecule has 2 unspecified atom stereocenters. The van der Waals surface area contributed by atoms with Crippen LogP contribution in [-0.4, -0.2) is 9.13 Å². The van der Waals surface area contributed by atoms with Crippen LogP contribution in [0.2, 0.25) is 0 Å². The predicted molar refractivity (Wildman–Crippen MR) is 239 cm³/mol. The molecule has 0 saturated heterocycles. The molecule has 8 aromatic carbocycles. The Bertz CT molecular complexity index is 5080. The summed E-state index contributed by atoms with van der Waals surface area (Å²) in [5.74, 6) is -2.13. The topological polar surface area (TPSA) is 13.1 Å². The fourth-order valence-corrected chi connectivity index (χ4v) is 7.35. The minimum absolute atomic E-state index is 0.559. The van der Waals surface area contributed by atoms with Gasteiger partial charge in [-0.05, 0) is 95.1 Å². The summed E-state index contributed by atoms with van der Waals surface area (Å²) in [4.78, 5) is 0.627. The Morgan fingerprint density at radius 2 is 0.965 bits per heavy atom. The average molecular weight is 763 g/mol. The van der Waals surface area contributed by atoms with Gasteiger partial charge in [0.1, 0.15) is 0 Å². The summed E-state index contributed by atoms with van der Waals surface area (Å²) >= 11 is 0. The average Bonchev–Trinajstić information content (AvgIpc) is 1.49. The number of rotatable bonds is 5. The molecule has 1 aliphatic carbocycles. The van der Waals surface area contributed by atoms with E-state index in [1.165, 1.54) is 0 Å². The van der Waals surface area contributed by atoms with Crippen LogP contribution in [0, 0.1) is 0 Å². The third kappa shape index (κ3) is 4.79. The third-order valence-electron chi connectivity index (χ3n) is 9.60. The van der Waals surface area contributed by atoms with Crippen LogP contribution in [0.25, 0.3) is 77.2 Å². The van der Waals surface area contributed by atoms with Crippen LogP contribution < -0.4 is 4.90 Å². The number of aromatic nitrogens is 2. The standard InChI is InChI=1S/C54H37N3/c1-3-17-36(18-4-1)38-33-39(37-19-5-2-6-20-37)35-40(34-38)55-47-27-13-9-23-43(47)53-49(55)29-15-31-51(53)57-48-28-14-10-24-44(48)54-50(30-16-32-52(54)57)56-45-25-11-7-21-41(45)42-22-8-12-26-46(42)56/h1-22,24-35,43H,23H2/i1D,2D,3D,4D,5D,6D,7D,8D,9D,10D,11D,12D,13D,14D,15D,16D,17D,18D,19D,20D,21D,22D,23D,24D,25D,26D,27D,28D,29D,30D,31D,32D,33D,34D,35D. The lowest BCUT2D eigenvalue weighted by molar-refractivity contribution is 0.813. The van der Waals surface area contributed by atoms with Gasteiger partial charge in [0.05, 0.1) is 85.7 Å². The van der Waals surface area contributed by atoms with Crippen molar-refractivity contribution in [3.05, 3.63) is 217 Å². The van der Waals surface area contributed by atoms with Crippen molar-refractivity contribution in [2.24, 2.45) is 0 Å². The molecule has 0 radical (unpaired) electrons. The van der Waals surface area contributed by atoms with Crippen LogP contribution in [0.4, 0.5) is 11.4 Å². The van der Waals surface area contributed by atoms with Crippen molar-refractivity contribution in [2.75, 3.05) is 4.90 Å². The minimum atomic E-state index is -2.23. The normalized spacial score (nSPS) is 25.2. The molecule has 57 heavy (non-hydrogen) atoms. The van der Waals surface area contributed by atoms with Gasteiger partial charge in [-0.1, -0.05) is 139 Å². The summed E-state index contributed by atoms with van der Waals surface area (Å²) in [7, 11) is 0. The molecule has 2 aromatic heterocycles. The molecule has 12 rings (SSSR count). The molecule has 268 valence electrons. The summed E-state index contributed by atoms with van der Waals surface area (Å²) < 4.78 is 324. The molecule has 0 fully saturated rings. The van der Waals surface area contributed by atoms with Gasteiger partial charge in [0.2, 0.25) is 0 Å².